The number of aliphatic hydroxyl groups excluding tert-OH is 1. The van der Waals surface area contributed by atoms with Crippen LogP contribution in [-0.2, 0) is 13.0 Å². The van der Waals surface area contributed by atoms with Crippen molar-refractivity contribution >= 4 is 0 Å². The summed E-state index contributed by atoms with van der Waals surface area (Å²) in [6.45, 7) is 4.47. The molecule has 4 rings (SSSR count). The molecular weight excluding hydrogens is 388 g/mol. The standard InChI is InChI=1S/C25H32N4O2/c1-28(19-25-27-26-24(31-25)16-20-8-4-2-5-9-20)17-21-12-14-29(15-13-21)18-23(30)22-10-6-3-7-11-22/h2-11,21,23,30H,12-19H2,1H3. The minimum absolute atomic E-state index is 0.414. The van der Waals surface area contributed by atoms with E-state index in [0.29, 0.717) is 37.2 Å². The van der Waals surface area contributed by atoms with Crippen molar-refractivity contribution < 1.29 is 9.52 Å². The molecule has 0 saturated carbocycles. The molecule has 2 aromatic carbocycles. The number of aromatic nitrogens is 2. The third-order valence-electron chi connectivity index (χ3n) is 6.00. The Balaban J connectivity index is 1.18. The van der Waals surface area contributed by atoms with Crippen molar-refractivity contribution in [2.24, 2.45) is 5.92 Å². The van der Waals surface area contributed by atoms with Crippen LogP contribution in [0.15, 0.2) is 65.1 Å². The Morgan fingerprint density at radius 2 is 1.65 bits per heavy atom. The van der Waals surface area contributed by atoms with Gasteiger partial charge in [0.05, 0.1) is 19.1 Å². The molecule has 31 heavy (non-hydrogen) atoms. The Morgan fingerprint density at radius 3 is 2.35 bits per heavy atom. The molecule has 0 aliphatic carbocycles. The van der Waals surface area contributed by atoms with Crippen molar-refractivity contribution in [2.75, 3.05) is 33.2 Å². The monoisotopic (exact) mass is 420 g/mol. The number of piperidine rings is 1. The molecule has 1 unspecified atom stereocenters. The van der Waals surface area contributed by atoms with Gasteiger partial charge in [0.2, 0.25) is 11.8 Å². The lowest BCUT2D eigenvalue weighted by molar-refractivity contribution is 0.0818. The molecule has 1 aliphatic rings. The van der Waals surface area contributed by atoms with Crippen LogP contribution in [0.25, 0.3) is 0 Å². The molecule has 0 spiro atoms. The Morgan fingerprint density at radius 1 is 1.00 bits per heavy atom. The molecule has 1 N–H and O–H groups in total. The Kier molecular flexibility index (Phi) is 7.46. The summed E-state index contributed by atoms with van der Waals surface area (Å²) in [5.74, 6) is 2.00. The van der Waals surface area contributed by atoms with Gasteiger partial charge in [-0.25, -0.2) is 0 Å². The smallest absolute Gasteiger partial charge is 0.230 e. The van der Waals surface area contributed by atoms with Crippen molar-refractivity contribution in [3.05, 3.63) is 83.6 Å². The van der Waals surface area contributed by atoms with Crippen molar-refractivity contribution in [1.82, 2.24) is 20.0 Å². The van der Waals surface area contributed by atoms with E-state index in [-0.39, 0.29) is 0 Å². The van der Waals surface area contributed by atoms with Crippen LogP contribution in [-0.4, -0.2) is 58.3 Å². The summed E-state index contributed by atoms with van der Waals surface area (Å²) in [6.07, 6.45) is 2.55. The number of likely N-dealkylation sites (tertiary alicyclic amines) is 1. The van der Waals surface area contributed by atoms with Gasteiger partial charge in [0, 0.05) is 13.1 Å². The van der Waals surface area contributed by atoms with Crippen molar-refractivity contribution in [1.29, 1.82) is 0 Å². The average Bonchev–Trinajstić information content (AvgIpc) is 3.22. The van der Waals surface area contributed by atoms with Gasteiger partial charge >= 0.3 is 0 Å². The van der Waals surface area contributed by atoms with Crippen molar-refractivity contribution in [2.45, 2.75) is 31.9 Å². The molecule has 1 atom stereocenters. The second-order valence-corrected chi connectivity index (χ2v) is 8.62. The quantitative estimate of drug-likeness (QED) is 0.571. The Bertz CT molecular complexity index is 908. The van der Waals surface area contributed by atoms with Gasteiger partial charge in [-0.15, -0.1) is 10.2 Å². The van der Waals surface area contributed by atoms with E-state index in [2.05, 4.69) is 39.2 Å². The second-order valence-electron chi connectivity index (χ2n) is 8.62. The molecule has 2 heterocycles. The molecule has 1 saturated heterocycles. The topological polar surface area (TPSA) is 65.6 Å². The first-order valence-corrected chi connectivity index (χ1v) is 11.1. The summed E-state index contributed by atoms with van der Waals surface area (Å²) >= 11 is 0. The summed E-state index contributed by atoms with van der Waals surface area (Å²) < 4.78 is 5.85. The van der Waals surface area contributed by atoms with E-state index >= 15 is 0 Å². The highest BCUT2D eigenvalue weighted by Gasteiger charge is 2.23. The fourth-order valence-electron chi connectivity index (χ4n) is 4.31. The lowest BCUT2D eigenvalue weighted by atomic mass is 9.95. The lowest BCUT2D eigenvalue weighted by Crippen LogP contribution is -2.39. The van der Waals surface area contributed by atoms with E-state index in [0.717, 1.165) is 38.0 Å². The van der Waals surface area contributed by atoms with Crippen LogP contribution in [0.4, 0.5) is 0 Å². The maximum atomic E-state index is 10.5. The zero-order valence-electron chi connectivity index (χ0n) is 18.2. The maximum absolute atomic E-state index is 10.5. The predicted octanol–water partition coefficient (Wildman–Crippen LogP) is 3.54. The second kappa shape index (κ2) is 10.7. The highest BCUT2D eigenvalue weighted by atomic mass is 16.4. The molecular formula is C25H32N4O2. The first kappa shape index (κ1) is 21.7. The first-order chi connectivity index (χ1) is 15.2. The lowest BCUT2D eigenvalue weighted by Gasteiger charge is -2.34. The first-order valence-electron chi connectivity index (χ1n) is 11.1. The number of nitrogens with zero attached hydrogens (tertiary/aromatic N) is 4. The highest BCUT2D eigenvalue weighted by Crippen LogP contribution is 2.22. The largest absolute Gasteiger partial charge is 0.424 e. The van der Waals surface area contributed by atoms with Gasteiger partial charge in [0.1, 0.15) is 0 Å². The average molecular weight is 421 g/mol. The van der Waals surface area contributed by atoms with Gasteiger partial charge in [0.25, 0.3) is 0 Å². The van der Waals surface area contributed by atoms with E-state index in [1.54, 1.807) is 0 Å². The molecule has 1 aromatic heterocycles. The van der Waals surface area contributed by atoms with Crippen LogP contribution in [0.5, 0.6) is 0 Å². The molecule has 6 nitrogen and oxygen atoms in total. The molecule has 0 radical (unpaired) electrons. The Labute approximate surface area is 184 Å². The van der Waals surface area contributed by atoms with Crippen LogP contribution in [0, 0.1) is 5.92 Å². The van der Waals surface area contributed by atoms with E-state index in [9.17, 15) is 5.11 Å². The fraction of sp³-hybridized carbons (Fsp3) is 0.440. The van der Waals surface area contributed by atoms with Gasteiger partial charge < -0.3 is 14.4 Å². The zero-order valence-corrected chi connectivity index (χ0v) is 18.2. The molecule has 164 valence electrons. The fourth-order valence-corrected chi connectivity index (χ4v) is 4.31. The molecule has 1 aliphatic heterocycles. The van der Waals surface area contributed by atoms with E-state index in [1.165, 1.54) is 5.56 Å². The third kappa shape index (κ3) is 6.47. The van der Waals surface area contributed by atoms with Crippen molar-refractivity contribution in [3.8, 4) is 0 Å². The molecule has 0 amide bonds. The van der Waals surface area contributed by atoms with E-state index in [1.807, 2.05) is 48.5 Å². The molecule has 3 aromatic rings. The van der Waals surface area contributed by atoms with Crippen LogP contribution >= 0.6 is 0 Å². The molecule has 1 fully saturated rings. The summed E-state index contributed by atoms with van der Waals surface area (Å²) in [5, 5.41) is 18.9. The number of rotatable bonds is 9. The number of benzene rings is 2. The normalized spacial score (nSPS) is 16.6. The SMILES string of the molecule is CN(Cc1nnc(Cc2ccccc2)o1)CC1CCN(CC(O)c2ccccc2)CC1. The van der Waals surface area contributed by atoms with Gasteiger partial charge in [0.15, 0.2) is 0 Å². The summed E-state index contributed by atoms with van der Waals surface area (Å²) in [4.78, 5) is 4.65. The van der Waals surface area contributed by atoms with Crippen LogP contribution in [0.1, 0.15) is 41.9 Å². The van der Waals surface area contributed by atoms with Crippen LogP contribution in [0.3, 0.4) is 0 Å². The van der Waals surface area contributed by atoms with Gasteiger partial charge in [-0.2, -0.15) is 0 Å². The maximum Gasteiger partial charge on any atom is 0.230 e. The van der Waals surface area contributed by atoms with E-state index < -0.39 is 6.10 Å². The van der Waals surface area contributed by atoms with E-state index in [4.69, 9.17) is 4.42 Å². The highest BCUT2D eigenvalue weighted by molar-refractivity contribution is 5.18. The summed E-state index contributed by atoms with van der Waals surface area (Å²) in [7, 11) is 2.12. The van der Waals surface area contributed by atoms with Gasteiger partial charge in [-0.1, -0.05) is 60.7 Å². The molecule has 0 bridgehead atoms. The van der Waals surface area contributed by atoms with Gasteiger partial charge in [-0.05, 0) is 50.0 Å². The van der Waals surface area contributed by atoms with Crippen LogP contribution < -0.4 is 0 Å². The Hall–Kier alpha value is -2.54. The molecule has 6 heteroatoms. The minimum Gasteiger partial charge on any atom is -0.424 e. The number of hydrogen-bond donors (Lipinski definition) is 1. The predicted molar refractivity (Wildman–Crippen MR) is 120 cm³/mol. The number of β-amino-alcohol motifs (C(OH)–C–C–N with tert-alkyl or cyclic N) is 1. The number of hydrogen-bond acceptors (Lipinski definition) is 6. The number of aliphatic hydroxyl groups is 1. The summed E-state index contributed by atoms with van der Waals surface area (Å²) in [5.41, 5.74) is 2.17. The van der Waals surface area contributed by atoms with Gasteiger partial charge in [-0.3, -0.25) is 4.90 Å². The minimum atomic E-state index is -0.414. The zero-order chi connectivity index (χ0) is 21.5. The van der Waals surface area contributed by atoms with Crippen molar-refractivity contribution in [3.63, 3.8) is 0 Å². The summed E-state index contributed by atoms with van der Waals surface area (Å²) in [6, 6.07) is 20.1. The third-order valence-corrected chi connectivity index (χ3v) is 6.00. The van der Waals surface area contributed by atoms with Crippen LogP contribution in [0.2, 0.25) is 0 Å².